The van der Waals surface area contributed by atoms with Gasteiger partial charge in [-0.2, -0.15) is 0 Å². The van der Waals surface area contributed by atoms with E-state index in [1.165, 1.54) is 0 Å². The molecule has 0 bridgehead atoms. The Morgan fingerprint density at radius 1 is 1.22 bits per heavy atom. The van der Waals surface area contributed by atoms with Crippen LogP contribution in [-0.2, 0) is 20.8 Å². The van der Waals surface area contributed by atoms with Crippen LogP contribution in [0.4, 0.5) is 0 Å². The van der Waals surface area contributed by atoms with Gasteiger partial charge in [0.15, 0.2) is 5.79 Å². The summed E-state index contributed by atoms with van der Waals surface area (Å²) >= 11 is 0. The van der Waals surface area contributed by atoms with Gasteiger partial charge in [0, 0.05) is 18.8 Å². The smallest absolute Gasteiger partial charge is 0.170 e. The normalized spacial score (nSPS) is 34.6. The summed E-state index contributed by atoms with van der Waals surface area (Å²) in [5.41, 5.74) is 1.15. The average Bonchev–Trinajstić information content (AvgIpc) is 2.59. The van der Waals surface area contributed by atoms with Crippen LogP contribution in [0.5, 0.6) is 0 Å². The van der Waals surface area contributed by atoms with Gasteiger partial charge in [-0.3, -0.25) is 0 Å². The summed E-state index contributed by atoms with van der Waals surface area (Å²) in [6.07, 6.45) is 3.30. The first kappa shape index (κ1) is 16.9. The zero-order valence-electron chi connectivity index (χ0n) is 13.9. The van der Waals surface area contributed by atoms with Crippen molar-refractivity contribution in [2.75, 3.05) is 19.8 Å². The van der Waals surface area contributed by atoms with Crippen molar-refractivity contribution in [3.05, 3.63) is 35.9 Å². The molecular formula is C19H28O4. The summed E-state index contributed by atoms with van der Waals surface area (Å²) in [7, 11) is 0. The van der Waals surface area contributed by atoms with Crippen LogP contribution < -0.4 is 0 Å². The lowest BCUT2D eigenvalue weighted by molar-refractivity contribution is -0.308. The van der Waals surface area contributed by atoms with E-state index in [4.69, 9.17) is 14.2 Å². The van der Waals surface area contributed by atoms with Gasteiger partial charge in [0.25, 0.3) is 0 Å². The van der Waals surface area contributed by atoms with Gasteiger partial charge in [-0.25, -0.2) is 0 Å². The predicted molar refractivity (Wildman–Crippen MR) is 87.9 cm³/mol. The number of hydrogen-bond acceptors (Lipinski definition) is 4. The molecule has 1 spiro atoms. The van der Waals surface area contributed by atoms with Gasteiger partial charge in [-0.15, -0.1) is 0 Å². The van der Waals surface area contributed by atoms with Crippen molar-refractivity contribution in [2.24, 2.45) is 11.8 Å². The van der Waals surface area contributed by atoms with Gasteiger partial charge in [0.05, 0.1) is 32.5 Å². The maximum atomic E-state index is 10.5. The van der Waals surface area contributed by atoms with E-state index in [-0.39, 0.29) is 5.92 Å². The zero-order chi connectivity index (χ0) is 16.1. The van der Waals surface area contributed by atoms with Crippen molar-refractivity contribution in [1.29, 1.82) is 0 Å². The van der Waals surface area contributed by atoms with Crippen molar-refractivity contribution >= 4 is 0 Å². The van der Waals surface area contributed by atoms with Crippen molar-refractivity contribution in [2.45, 2.75) is 51.1 Å². The molecule has 0 unspecified atom stereocenters. The van der Waals surface area contributed by atoms with Crippen LogP contribution in [0.2, 0.25) is 0 Å². The second kappa shape index (κ2) is 7.75. The molecule has 4 heteroatoms. The third-order valence-corrected chi connectivity index (χ3v) is 5.16. The first-order chi connectivity index (χ1) is 11.2. The van der Waals surface area contributed by atoms with Crippen molar-refractivity contribution in [3.8, 4) is 0 Å². The highest BCUT2D eigenvalue weighted by Gasteiger charge is 2.44. The predicted octanol–water partition coefficient (Wildman–Crippen LogP) is 3.13. The molecule has 128 valence electrons. The lowest BCUT2D eigenvalue weighted by Crippen LogP contribution is -2.52. The molecule has 0 saturated carbocycles. The lowest BCUT2D eigenvalue weighted by atomic mass is 9.86. The van der Waals surface area contributed by atoms with Gasteiger partial charge in [0.2, 0.25) is 0 Å². The highest BCUT2D eigenvalue weighted by Crippen LogP contribution is 2.38. The minimum atomic E-state index is -0.555. The number of ether oxygens (including phenoxy) is 3. The van der Waals surface area contributed by atoms with Gasteiger partial charge < -0.3 is 19.3 Å². The molecule has 4 atom stereocenters. The molecule has 2 fully saturated rings. The maximum absolute atomic E-state index is 10.5. The molecule has 4 nitrogen and oxygen atoms in total. The van der Waals surface area contributed by atoms with E-state index in [2.05, 4.69) is 6.92 Å². The van der Waals surface area contributed by atoms with Crippen LogP contribution in [0.3, 0.4) is 0 Å². The van der Waals surface area contributed by atoms with Crippen molar-refractivity contribution in [3.63, 3.8) is 0 Å². The van der Waals surface area contributed by atoms with Crippen LogP contribution in [-0.4, -0.2) is 36.8 Å². The third kappa shape index (κ3) is 4.32. The second-order valence-electron chi connectivity index (χ2n) is 6.88. The zero-order valence-corrected chi connectivity index (χ0v) is 13.9. The molecule has 1 aromatic carbocycles. The lowest BCUT2D eigenvalue weighted by Gasteiger charge is -2.46. The molecule has 2 heterocycles. The fourth-order valence-corrected chi connectivity index (χ4v) is 3.42. The number of aliphatic hydroxyl groups is 1. The summed E-state index contributed by atoms with van der Waals surface area (Å²) in [4.78, 5) is 0. The van der Waals surface area contributed by atoms with Crippen LogP contribution in [0.15, 0.2) is 30.3 Å². The standard InChI is InChI=1S/C19H28O4/c1-2-15-8-9-19(22-12-15)10-18(20)17(14-23-19)13-21-11-16-6-4-3-5-7-16/h3-7,15,17-18,20H,2,8-14H2,1H3/t15-,17-,18+,19-/m0/s1. The van der Waals surface area contributed by atoms with E-state index < -0.39 is 11.9 Å². The van der Waals surface area contributed by atoms with E-state index in [1.54, 1.807) is 0 Å². The third-order valence-electron chi connectivity index (χ3n) is 5.16. The Morgan fingerprint density at radius 3 is 2.65 bits per heavy atom. The van der Waals surface area contributed by atoms with Gasteiger partial charge >= 0.3 is 0 Å². The van der Waals surface area contributed by atoms with Crippen molar-refractivity contribution in [1.82, 2.24) is 0 Å². The summed E-state index contributed by atoms with van der Waals surface area (Å²) in [6, 6.07) is 10.1. The minimum absolute atomic E-state index is 0.0248. The first-order valence-electron chi connectivity index (χ1n) is 8.78. The first-order valence-corrected chi connectivity index (χ1v) is 8.78. The Kier molecular flexibility index (Phi) is 5.70. The Morgan fingerprint density at radius 2 is 2.00 bits per heavy atom. The molecular weight excluding hydrogens is 292 g/mol. The van der Waals surface area contributed by atoms with E-state index >= 15 is 0 Å². The van der Waals surface area contributed by atoms with E-state index in [0.29, 0.717) is 32.2 Å². The molecule has 1 N–H and O–H groups in total. The van der Waals surface area contributed by atoms with Crippen molar-refractivity contribution < 1.29 is 19.3 Å². The molecule has 2 aliphatic heterocycles. The van der Waals surface area contributed by atoms with Crippen LogP contribution in [0.1, 0.15) is 38.2 Å². The molecule has 0 radical (unpaired) electrons. The fraction of sp³-hybridized carbons (Fsp3) is 0.684. The van der Waals surface area contributed by atoms with E-state index in [9.17, 15) is 5.11 Å². The largest absolute Gasteiger partial charge is 0.392 e. The molecule has 3 rings (SSSR count). The number of hydrogen-bond donors (Lipinski definition) is 1. The quantitative estimate of drug-likeness (QED) is 0.905. The second-order valence-corrected chi connectivity index (χ2v) is 6.88. The van der Waals surface area contributed by atoms with Crippen LogP contribution in [0, 0.1) is 11.8 Å². The Labute approximate surface area is 138 Å². The molecule has 0 amide bonds. The summed E-state index contributed by atoms with van der Waals surface area (Å²) in [5.74, 6) is 0.103. The van der Waals surface area contributed by atoms with Crippen LogP contribution in [0.25, 0.3) is 0 Å². The summed E-state index contributed by atoms with van der Waals surface area (Å²) < 4.78 is 17.8. The van der Waals surface area contributed by atoms with Gasteiger partial charge in [-0.05, 0) is 17.9 Å². The SMILES string of the molecule is CC[C@H]1CC[C@]2(C[C@@H](O)[C@@H](COCc3ccccc3)CO2)OC1. The average molecular weight is 320 g/mol. The minimum Gasteiger partial charge on any atom is -0.392 e. The number of benzene rings is 1. The van der Waals surface area contributed by atoms with Crippen LogP contribution >= 0.6 is 0 Å². The molecule has 23 heavy (non-hydrogen) atoms. The van der Waals surface area contributed by atoms with Gasteiger partial charge in [0.1, 0.15) is 0 Å². The summed E-state index contributed by atoms with van der Waals surface area (Å²) in [5, 5.41) is 10.5. The van der Waals surface area contributed by atoms with Gasteiger partial charge in [-0.1, -0.05) is 43.7 Å². The fourth-order valence-electron chi connectivity index (χ4n) is 3.42. The number of aliphatic hydroxyl groups excluding tert-OH is 1. The topological polar surface area (TPSA) is 47.9 Å². The Bertz CT molecular complexity index is 468. The molecule has 0 aliphatic carbocycles. The molecule has 2 aliphatic rings. The molecule has 1 aromatic rings. The highest BCUT2D eigenvalue weighted by atomic mass is 16.7. The maximum Gasteiger partial charge on any atom is 0.170 e. The monoisotopic (exact) mass is 320 g/mol. The summed E-state index contributed by atoms with van der Waals surface area (Å²) in [6.45, 7) is 4.54. The Hall–Kier alpha value is -0.940. The van der Waals surface area contributed by atoms with E-state index in [1.807, 2.05) is 30.3 Å². The molecule has 2 saturated heterocycles. The Balaban J connectivity index is 1.44. The highest BCUT2D eigenvalue weighted by molar-refractivity contribution is 5.13. The van der Waals surface area contributed by atoms with E-state index in [0.717, 1.165) is 31.4 Å². The number of rotatable bonds is 5. The molecule has 0 aromatic heterocycles.